The standard InChI is InChI=1S/C13H12BrFN2OS/c1-13(2,12-16-5-6-19-12)17-11(18)8-3-4-10(15)9(14)7-8/h3-7H,1-2H3,(H,17,18). The molecule has 3 nitrogen and oxygen atoms in total. The van der Waals surface area contributed by atoms with Crippen LogP contribution in [0.5, 0.6) is 0 Å². The van der Waals surface area contributed by atoms with Crippen LogP contribution in [-0.4, -0.2) is 10.9 Å². The van der Waals surface area contributed by atoms with Crippen LogP contribution in [0, 0.1) is 5.82 Å². The largest absolute Gasteiger partial charge is 0.341 e. The van der Waals surface area contributed by atoms with Gasteiger partial charge in [-0.2, -0.15) is 0 Å². The number of aromatic nitrogens is 1. The van der Waals surface area contributed by atoms with Gasteiger partial charge in [0.2, 0.25) is 0 Å². The number of amides is 1. The van der Waals surface area contributed by atoms with Gasteiger partial charge in [0.1, 0.15) is 10.8 Å². The quantitative estimate of drug-likeness (QED) is 0.923. The van der Waals surface area contributed by atoms with Crippen molar-refractivity contribution in [2.45, 2.75) is 19.4 Å². The van der Waals surface area contributed by atoms with E-state index >= 15 is 0 Å². The summed E-state index contributed by atoms with van der Waals surface area (Å²) in [5.41, 5.74) is -0.163. The summed E-state index contributed by atoms with van der Waals surface area (Å²) in [6.07, 6.45) is 1.70. The Bertz CT molecular complexity index is 599. The lowest BCUT2D eigenvalue weighted by atomic mass is 10.1. The maximum absolute atomic E-state index is 13.1. The van der Waals surface area contributed by atoms with Crippen LogP contribution in [0.2, 0.25) is 0 Å². The minimum Gasteiger partial charge on any atom is -0.341 e. The van der Waals surface area contributed by atoms with Gasteiger partial charge in [0.25, 0.3) is 5.91 Å². The van der Waals surface area contributed by atoms with Crippen molar-refractivity contribution < 1.29 is 9.18 Å². The summed E-state index contributed by atoms with van der Waals surface area (Å²) in [5.74, 6) is -0.656. The highest BCUT2D eigenvalue weighted by molar-refractivity contribution is 9.10. The molecule has 2 rings (SSSR count). The molecular formula is C13H12BrFN2OS. The Morgan fingerprint density at radius 2 is 2.21 bits per heavy atom. The lowest BCUT2D eigenvalue weighted by Gasteiger charge is -2.23. The molecule has 0 aliphatic rings. The molecule has 0 radical (unpaired) electrons. The summed E-state index contributed by atoms with van der Waals surface area (Å²) in [7, 11) is 0. The first-order valence-corrected chi connectivity index (χ1v) is 7.25. The number of hydrogen-bond donors (Lipinski definition) is 1. The zero-order valence-electron chi connectivity index (χ0n) is 10.4. The summed E-state index contributed by atoms with van der Waals surface area (Å²) in [4.78, 5) is 16.3. The number of hydrogen-bond acceptors (Lipinski definition) is 3. The van der Waals surface area contributed by atoms with Crippen LogP contribution in [0.4, 0.5) is 4.39 Å². The Labute approximate surface area is 123 Å². The van der Waals surface area contributed by atoms with E-state index < -0.39 is 11.4 Å². The van der Waals surface area contributed by atoms with Crippen molar-refractivity contribution in [2.24, 2.45) is 0 Å². The van der Waals surface area contributed by atoms with Crippen LogP contribution < -0.4 is 5.32 Å². The first-order valence-electron chi connectivity index (χ1n) is 5.58. The van der Waals surface area contributed by atoms with Crippen molar-refractivity contribution in [3.63, 3.8) is 0 Å². The van der Waals surface area contributed by atoms with E-state index in [1.54, 1.807) is 6.20 Å². The van der Waals surface area contributed by atoms with Gasteiger partial charge in [0.05, 0.1) is 10.0 Å². The molecule has 0 atom stereocenters. The summed E-state index contributed by atoms with van der Waals surface area (Å²) >= 11 is 4.54. The lowest BCUT2D eigenvalue weighted by Crippen LogP contribution is -2.40. The minimum absolute atomic E-state index is 0.263. The molecule has 0 saturated carbocycles. The first kappa shape index (κ1) is 14.1. The van der Waals surface area contributed by atoms with Gasteiger partial charge in [0, 0.05) is 17.1 Å². The predicted molar refractivity (Wildman–Crippen MR) is 76.7 cm³/mol. The van der Waals surface area contributed by atoms with Gasteiger partial charge in [-0.1, -0.05) is 0 Å². The minimum atomic E-state index is -0.563. The van der Waals surface area contributed by atoms with E-state index in [4.69, 9.17) is 0 Å². The number of carbonyl (C=O) groups is 1. The molecular weight excluding hydrogens is 331 g/mol. The molecule has 1 heterocycles. The number of carbonyl (C=O) groups excluding carboxylic acids is 1. The molecule has 0 fully saturated rings. The highest BCUT2D eigenvalue weighted by Gasteiger charge is 2.26. The molecule has 1 amide bonds. The van der Waals surface area contributed by atoms with Crippen molar-refractivity contribution >= 4 is 33.2 Å². The molecule has 1 aromatic carbocycles. The van der Waals surface area contributed by atoms with Crippen LogP contribution in [0.15, 0.2) is 34.2 Å². The third-order valence-corrected chi connectivity index (χ3v) is 4.28. The van der Waals surface area contributed by atoms with Gasteiger partial charge >= 0.3 is 0 Å². The maximum atomic E-state index is 13.1. The van der Waals surface area contributed by atoms with Gasteiger partial charge in [-0.3, -0.25) is 4.79 Å². The fourth-order valence-electron chi connectivity index (χ4n) is 1.58. The highest BCUT2D eigenvalue weighted by atomic mass is 79.9. The Kier molecular flexibility index (Phi) is 4.01. The maximum Gasteiger partial charge on any atom is 0.252 e. The molecule has 0 saturated heterocycles. The van der Waals surface area contributed by atoms with Crippen LogP contribution in [0.25, 0.3) is 0 Å². The fraction of sp³-hybridized carbons (Fsp3) is 0.231. The van der Waals surface area contributed by atoms with E-state index in [1.807, 2.05) is 19.2 Å². The van der Waals surface area contributed by atoms with E-state index in [9.17, 15) is 9.18 Å². The van der Waals surface area contributed by atoms with E-state index in [0.29, 0.717) is 5.56 Å². The van der Waals surface area contributed by atoms with Gasteiger partial charge < -0.3 is 5.32 Å². The molecule has 19 heavy (non-hydrogen) atoms. The molecule has 1 N–H and O–H groups in total. The Balaban J connectivity index is 2.19. The molecule has 1 aromatic heterocycles. The topological polar surface area (TPSA) is 42.0 Å². The molecule has 0 bridgehead atoms. The zero-order chi connectivity index (χ0) is 14.0. The number of halogens is 2. The highest BCUT2D eigenvalue weighted by Crippen LogP contribution is 2.23. The van der Waals surface area contributed by atoms with Gasteiger partial charge in [-0.15, -0.1) is 11.3 Å². The normalized spacial score (nSPS) is 11.4. The summed E-state index contributed by atoms with van der Waals surface area (Å²) in [6, 6.07) is 4.17. The number of benzene rings is 1. The second kappa shape index (κ2) is 5.38. The molecule has 0 spiro atoms. The van der Waals surface area contributed by atoms with Crippen LogP contribution in [-0.2, 0) is 5.54 Å². The van der Waals surface area contributed by atoms with E-state index in [2.05, 4.69) is 26.2 Å². The number of nitrogens with zero attached hydrogens (tertiary/aromatic N) is 1. The van der Waals surface area contributed by atoms with E-state index in [-0.39, 0.29) is 10.4 Å². The summed E-state index contributed by atoms with van der Waals surface area (Å²) < 4.78 is 13.4. The number of rotatable bonds is 3. The molecule has 2 aromatic rings. The SMILES string of the molecule is CC(C)(NC(=O)c1ccc(F)c(Br)c1)c1nccs1. The summed E-state index contributed by atoms with van der Waals surface area (Å²) in [5, 5.41) is 5.57. The Morgan fingerprint density at radius 3 is 2.79 bits per heavy atom. The molecule has 0 unspecified atom stereocenters. The number of nitrogens with one attached hydrogen (secondary N) is 1. The Hall–Kier alpha value is -1.27. The van der Waals surface area contributed by atoms with Gasteiger partial charge in [-0.05, 0) is 48.0 Å². The fourth-order valence-corrected chi connectivity index (χ4v) is 2.68. The average Bonchev–Trinajstić information content (AvgIpc) is 2.86. The third-order valence-electron chi connectivity index (χ3n) is 2.57. The average molecular weight is 343 g/mol. The molecule has 0 aliphatic heterocycles. The smallest absolute Gasteiger partial charge is 0.252 e. The Morgan fingerprint density at radius 1 is 1.47 bits per heavy atom. The first-order chi connectivity index (χ1) is 8.90. The molecule has 100 valence electrons. The van der Waals surface area contributed by atoms with Crippen molar-refractivity contribution in [1.29, 1.82) is 0 Å². The lowest BCUT2D eigenvalue weighted by molar-refractivity contribution is 0.0912. The molecule has 6 heteroatoms. The third kappa shape index (κ3) is 3.19. The van der Waals surface area contributed by atoms with Crippen molar-refractivity contribution in [2.75, 3.05) is 0 Å². The van der Waals surface area contributed by atoms with Crippen LogP contribution in [0.3, 0.4) is 0 Å². The van der Waals surface area contributed by atoms with Crippen molar-refractivity contribution in [3.8, 4) is 0 Å². The van der Waals surface area contributed by atoms with E-state index in [1.165, 1.54) is 29.5 Å². The number of thiazole rings is 1. The van der Waals surface area contributed by atoms with E-state index in [0.717, 1.165) is 5.01 Å². The van der Waals surface area contributed by atoms with Gasteiger partial charge in [0.15, 0.2) is 0 Å². The van der Waals surface area contributed by atoms with Crippen LogP contribution in [0.1, 0.15) is 29.2 Å². The second-order valence-electron chi connectivity index (χ2n) is 4.55. The predicted octanol–water partition coefficient (Wildman–Crippen LogP) is 3.71. The zero-order valence-corrected chi connectivity index (χ0v) is 12.8. The second-order valence-corrected chi connectivity index (χ2v) is 6.29. The monoisotopic (exact) mass is 342 g/mol. The molecule has 0 aliphatic carbocycles. The van der Waals surface area contributed by atoms with Crippen molar-refractivity contribution in [1.82, 2.24) is 10.3 Å². The van der Waals surface area contributed by atoms with Crippen LogP contribution >= 0.6 is 27.3 Å². The van der Waals surface area contributed by atoms with Gasteiger partial charge in [-0.25, -0.2) is 9.37 Å². The summed E-state index contributed by atoms with van der Waals surface area (Å²) in [6.45, 7) is 3.75. The van der Waals surface area contributed by atoms with Crippen molar-refractivity contribution in [3.05, 3.63) is 50.6 Å².